The lowest BCUT2D eigenvalue weighted by Gasteiger charge is -2.23. The molecule has 0 aromatic heterocycles. The van der Waals surface area contributed by atoms with E-state index in [9.17, 15) is 0 Å². The molecular formula is C17H24N2. The average molecular weight is 256 g/mol. The van der Waals surface area contributed by atoms with Gasteiger partial charge in [-0.3, -0.25) is 0 Å². The van der Waals surface area contributed by atoms with Crippen molar-refractivity contribution < 1.29 is 0 Å². The van der Waals surface area contributed by atoms with Crippen LogP contribution in [-0.2, 0) is 0 Å². The molecule has 0 amide bonds. The number of hydrogen-bond acceptors (Lipinski definition) is 2. The summed E-state index contributed by atoms with van der Waals surface area (Å²) in [6.45, 7) is 4.17. The molecule has 0 saturated heterocycles. The summed E-state index contributed by atoms with van der Waals surface area (Å²) in [5, 5.41) is 5.99. The summed E-state index contributed by atoms with van der Waals surface area (Å²) < 4.78 is 0. The minimum Gasteiger partial charge on any atom is -0.326 e. The van der Waals surface area contributed by atoms with Crippen LogP contribution in [0.1, 0.15) is 38.3 Å². The molecule has 0 saturated carbocycles. The van der Waals surface area contributed by atoms with Gasteiger partial charge in [0, 0.05) is 11.6 Å². The van der Waals surface area contributed by atoms with E-state index in [-0.39, 0.29) is 5.54 Å². The molecule has 0 aliphatic rings. The molecule has 3 N–H and O–H groups in total. The second-order valence-electron chi connectivity index (χ2n) is 5.98. The van der Waals surface area contributed by atoms with Gasteiger partial charge in [0.25, 0.3) is 0 Å². The van der Waals surface area contributed by atoms with Crippen molar-refractivity contribution in [3.05, 3.63) is 48.0 Å². The number of benzene rings is 2. The predicted octanol–water partition coefficient (Wildman–Crippen LogP) is 3.62. The monoisotopic (exact) mass is 256 g/mol. The van der Waals surface area contributed by atoms with Crippen molar-refractivity contribution in [3.63, 3.8) is 0 Å². The lowest BCUT2D eigenvalue weighted by atomic mass is 9.92. The zero-order valence-electron chi connectivity index (χ0n) is 12.1. The first-order valence-corrected chi connectivity index (χ1v) is 6.94. The number of nitrogens with two attached hydrogens (primary N) is 1. The Kier molecular flexibility index (Phi) is 4.23. The lowest BCUT2D eigenvalue weighted by molar-refractivity contribution is 0.411. The molecular weight excluding hydrogens is 232 g/mol. The van der Waals surface area contributed by atoms with Gasteiger partial charge < -0.3 is 11.1 Å². The molecule has 0 radical (unpaired) electrons. The first kappa shape index (κ1) is 14.0. The Hall–Kier alpha value is -1.38. The topological polar surface area (TPSA) is 38.0 Å². The quantitative estimate of drug-likeness (QED) is 0.857. The van der Waals surface area contributed by atoms with Crippen LogP contribution < -0.4 is 11.1 Å². The fraction of sp³-hybridized carbons (Fsp3) is 0.412. The van der Waals surface area contributed by atoms with E-state index in [0.717, 1.165) is 12.8 Å². The second-order valence-corrected chi connectivity index (χ2v) is 5.98. The van der Waals surface area contributed by atoms with Gasteiger partial charge in [0.1, 0.15) is 0 Å². The molecule has 2 aromatic rings. The first-order valence-electron chi connectivity index (χ1n) is 6.94. The molecule has 1 atom stereocenters. The highest BCUT2D eigenvalue weighted by Gasteiger charge is 2.16. The summed E-state index contributed by atoms with van der Waals surface area (Å²) in [6.07, 6.45) is 2.06. The second kappa shape index (κ2) is 5.72. The SMILES string of the molecule is CNC(CCC(C)(C)N)c1ccc2ccccc2c1. The van der Waals surface area contributed by atoms with Crippen molar-refractivity contribution in [1.82, 2.24) is 5.32 Å². The molecule has 0 heterocycles. The van der Waals surface area contributed by atoms with Crippen LogP contribution in [0.15, 0.2) is 42.5 Å². The first-order chi connectivity index (χ1) is 8.99. The third-order valence-corrected chi connectivity index (χ3v) is 3.60. The molecule has 1 unspecified atom stereocenters. The van der Waals surface area contributed by atoms with Crippen molar-refractivity contribution >= 4 is 10.8 Å². The molecule has 2 rings (SSSR count). The molecule has 0 spiro atoms. The van der Waals surface area contributed by atoms with E-state index in [1.807, 2.05) is 7.05 Å². The smallest absolute Gasteiger partial charge is 0.0318 e. The van der Waals surface area contributed by atoms with Gasteiger partial charge in [-0.2, -0.15) is 0 Å². The van der Waals surface area contributed by atoms with Gasteiger partial charge in [0.2, 0.25) is 0 Å². The Labute approximate surface area is 116 Å². The lowest BCUT2D eigenvalue weighted by Crippen LogP contribution is -2.33. The number of nitrogens with one attached hydrogen (secondary N) is 1. The standard InChI is InChI=1S/C17H24N2/c1-17(2,18)11-10-16(19-3)15-9-8-13-6-4-5-7-14(13)12-15/h4-9,12,16,19H,10-11,18H2,1-3H3. The summed E-state index contributed by atoms with van der Waals surface area (Å²) >= 11 is 0. The van der Waals surface area contributed by atoms with Crippen molar-refractivity contribution in [2.45, 2.75) is 38.3 Å². The van der Waals surface area contributed by atoms with Gasteiger partial charge in [-0.15, -0.1) is 0 Å². The molecule has 102 valence electrons. The molecule has 19 heavy (non-hydrogen) atoms. The van der Waals surface area contributed by atoms with Gasteiger partial charge in [-0.05, 0) is 56.1 Å². The van der Waals surface area contributed by atoms with E-state index in [1.54, 1.807) is 0 Å². The highest BCUT2D eigenvalue weighted by Crippen LogP contribution is 2.25. The minimum atomic E-state index is -0.105. The molecule has 2 heteroatoms. The van der Waals surface area contributed by atoms with Crippen LogP contribution in [0.2, 0.25) is 0 Å². The van der Waals surface area contributed by atoms with Crippen LogP contribution in [0.25, 0.3) is 10.8 Å². The van der Waals surface area contributed by atoms with Gasteiger partial charge in [-0.1, -0.05) is 36.4 Å². The highest BCUT2D eigenvalue weighted by atomic mass is 14.9. The summed E-state index contributed by atoms with van der Waals surface area (Å²) in [7, 11) is 2.02. The zero-order chi connectivity index (χ0) is 13.9. The summed E-state index contributed by atoms with van der Waals surface area (Å²) in [5.74, 6) is 0. The van der Waals surface area contributed by atoms with Crippen LogP contribution in [0, 0.1) is 0 Å². The molecule has 0 fully saturated rings. The maximum atomic E-state index is 6.08. The summed E-state index contributed by atoms with van der Waals surface area (Å²) in [6, 6.07) is 15.5. The van der Waals surface area contributed by atoms with E-state index in [2.05, 4.69) is 61.6 Å². The minimum absolute atomic E-state index is 0.105. The third kappa shape index (κ3) is 3.79. The van der Waals surface area contributed by atoms with Gasteiger partial charge in [0.05, 0.1) is 0 Å². The van der Waals surface area contributed by atoms with E-state index in [0.29, 0.717) is 6.04 Å². The summed E-state index contributed by atoms with van der Waals surface area (Å²) in [4.78, 5) is 0. The number of rotatable bonds is 5. The molecule has 0 aliphatic carbocycles. The van der Waals surface area contributed by atoms with Gasteiger partial charge in [-0.25, -0.2) is 0 Å². The largest absolute Gasteiger partial charge is 0.326 e. The van der Waals surface area contributed by atoms with E-state index >= 15 is 0 Å². The van der Waals surface area contributed by atoms with E-state index in [4.69, 9.17) is 5.73 Å². The normalized spacial score (nSPS) is 13.7. The molecule has 0 aliphatic heterocycles. The van der Waals surface area contributed by atoms with E-state index < -0.39 is 0 Å². The predicted molar refractivity (Wildman–Crippen MR) is 83.2 cm³/mol. The van der Waals surface area contributed by atoms with E-state index in [1.165, 1.54) is 16.3 Å². The molecule has 2 nitrogen and oxygen atoms in total. The van der Waals surface area contributed by atoms with Crippen LogP contribution in [0.4, 0.5) is 0 Å². The Morgan fingerprint density at radius 3 is 2.42 bits per heavy atom. The van der Waals surface area contributed by atoms with Crippen LogP contribution in [-0.4, -0.2) is 12.6 Å². The van der Waals surface area contributed by atoms with Crippen molar-refractivity contribution in [2.24, 2.45) is 5.73 Å². The van der Waals surface area contributed by atoms with Crippen LogP contribution in [0.5, 0.6) is 0 Å². The fourth-order valence-corrected chi connectivity index (χ4v) is 2.42. The Balaban J connectivity index is 2.20. The highest BCUT2D eigenvalue weighted by molar-refractivity contribution is 5.83. The van der Waals surface area contributed by atoms with Crippen LogP contribution >= 0.6 is 0 Å². The van der Waals surface area contributed by atoms with Gasteiger partial charge in [0.15, 0.2) is 0 Å². The zero-order valence-corrected chi connectivity index (χ0v) is 12.1. The van der Waals surface area contributed by atoms with Crippen molar-refractivity contribution in [1.29, 1.82) is 0 Å². The van der Waals surface area contributed by atoms with Crippen LogP contribution in [0.3, 0.4) is 0 Å². The van der Waals surface area contributed by atoms with Crippen molar-refractivity contribution in [3.8, 4) is 0 Å². The third-order valence-electron chi connectivity index (χ3n) is 3.60. The van der Waals surface area contributed by atoms with Gasteiger partial charge >= 0.3 is 0 Å². The Morgan fingerprint density at radius 2 is 1.79 bits per heavy atom. The van der Waals surface area contributed by atoms with Crippen molar-refractivity contribution in [2.75, 3.05) is 7.05 Å². The maximum Gasteiger partial charge on any atom is 0.0318 e. The number of hydrogen-bond donors (Lipinski definition) is 2. The molecule has 0 bridgehead atoms. The summed E-state index contributed by atoms with van der Waals surface area (Å²) in [5.41, 5.74) is 7.31. The fourth-order valence-electron chi connectivity index (χ4n) is 2.42. The number of fused-ring (bicyclic) bond motifs is 1. The average Bonchev–Trinajstić information content (AvgIpc) is 2.38. The Bertz CT molecular complexity index is 540. The molecule has 2 aromatic carbocycles. The Morgan fingerprint density at radius 1 is 1.11 bits per heavy atom. The maximum absolute atomic E-state index is 6.08.